The number of rotatable bonds is 2. The Bertz CT molecular complexity index is 421. The fourth-order valence-corrected chi connectivity index (χ4v) is 4.20. The maximum atomic E-state index is 13.0. The van der Waals surface area contributed by atoms with Gasteiger partial charge in [-0.25, -0.2) is 0 Å². The van der Waals surface area contributed by atoms with Crippen molar-refractivity contribution in [2.45, 2.75) is 65.1 Å². The highest BCUT2D eigenvalue weighted by atomic mass is 32.2. The van der Waals surface area contributed by atoms with Crippen molar-refractivity contribution in [3.8, 4) is 0 Å². The SMILES string of the molecule is CC1=C(C(C)C)N(C2CCCCC2)SN=C1C(F)(F)F. The van der Waals surface area contributed by atoms with Crippen LogP contribution in [0, 0.1) is 5.92 Å². The first-order valence-corrected chi connectivity index (χ1v) is 7.88. The van der Waals surface area contributed by atoms with Gasteiger partial charge >= 0.3 is 6.18 Å². The Morgan fingerprint density at radius 1 is 1.20 bits per heavy atom. The van der Waals surface area contributed by atoms with Gasteiger partial charge in [0.15, 0.2) is 5.71 Å². The van der Waals surface area contributed by atoms with Crippen LogP contribution in [-0.4, -0.2) is 22.2 Å². The van der Waals surface area contributed by atoms with E-state index in [-0.39, 0.29) is 11.5 Å². The van der Waals surface area contributed by atoms with Crippen LogP contribution in [0.25, 0.3) is 0 Å². The van der Waals surface area contributed by atoms with Crippen molar-refractivity contribution >= 4 is 17.8 Å². The third-order valence-electron chi connectivity index (χ3n) is 3.92. The first-order valence-electron chi connectivity index (χ1n) is 7.15. The molecule has 0 radical (unpaired) electrons. The Labute approximate surface area is 122 Å². The minimum absolute atomic E-state index is 0.0669. The van der Waals surface area contributed by atoms with E-state index in [0.29, 0.717) is 6.04 Å². The summed E-state index contributed by atoms with van der Waals surface area (Å²) in [5.74, 6) is 0.0669. The second-order valence-corrected chi connectivity index (χ2v) is 6.54. The third-order valence-corrected chi connectivity index (χ3v) is 4.85. The van der Waals surface area contributed by atoms with Crippen molar-refractivity contribution < 1.29 is 13.2 Å². The van der Waals surface area contributed by atoms with E-state index in [1.54, 1.807) is 6.92 Å². The Morgan fingerprint density at radius 2 is 1.80 bits per heavy atom. The Morgan fingerprint density at radius 3 is 2.30 bits per heavy atom. The van der Waals surface area contributed by atoms with Gasteiger partial charge in [-0.3, -0.25) is 4.31 Å². The zero-order valence-electron chi connectivity index (χ0n) is 12.1. The van der Waals surface area contributed by atoms with E-state index in [0.717, 1.165) is 43.5 Å². The molecule has 1 aliphatic carbocycles. The third kappa shape index (κ3) is 3.15. The van der Waals surface area contributed by atoms with Gasteiger partial charge in [0, 0.05) is 17.3 Å². The van der Waals surface area contributed by atoms with Gasteiger partial charge in [-0.2, -0.15) is 17.6 Å². The largest absolute Gasteiger partial charge is 0.434 e. The minimum Gasteiger partial charge on any atom is -0.297 e. The Kier molecular flexibility index (Phi) is 4.72. The molecule has 0 amide bonds. The highest BCUT2D eigenvalue weighted by molar-refractivity contribution is 7.96. The van der Waals surface area contributed by atoms with Gasteiger partial charge < -0.3 is 0 Å². The Hall–Kier alpha value is -0.650. The summed E-state index contributed by atoms with van der Waals surface area (Å²) in [5.41, 5.74) is 0.360. The maximum Gasteiger partial charge on any atom is 0.434 e. The van der Waals surface area contributed by atoms with Gasteiger partial charge in [0.05, 0.1) is 12.1 Å². The number of allylic oxidation sites excluding steroid dienone is 2. The van der Waals surface area contributed by atoms with E-state index in [1.165, 1.54) is 6.42 Å². The molecule has 0 atom stereocenters. The molecule has 2 aliphatic rings. The smallest absolute Gasteiger partial charge is 0.297 e. The average molecular weight is 306 g/mol. The molecule has 0 aromatic rings. The minimum atomic E-state index is -4.37. The predicted octanol–water partition coefficient (Wildman–Crippen LogP) is 5.13. The standard InChI is InChI=1S/C14H21F3N2S/c1-9(2)12-10(3)13(14(15,16)17)18-20-19(12)11-7-5-4-6-8-11/h9,11H,4-8H2,1-3H3. The summed E-state index contributed by atoms with van der Waals surface area (Å²) >= 11 is 0.988. The maximum absolute atomic E-state index is 13.0. The van der Waals surface area contributed by atoms with Crippen molar-refractivity contribution in [1.29, 1.82) is 0 Å². The molecule has 0 N–H and O–H groups in total. The molecule has 0 aromatic heterocycles. The van der Waals surface area contributed by atoms with Crippen LogP contribution in [0.4, 0.5) is 13.2 Å². The summed E-state index contributed by atoms with van der Waals surface area (Å²) in [4.78, 5) is 0. The number of hydrogen-bond acceptors (Lipinski definition) is 3. The van der Waals surface area contributed by atoms with E-state index < -0.39 is 11.9 Å². The van der Waals surface area contributed by atoms with Crippen molar-refractivity contribution in [3.05, 3.63) is 11.3 Å². The van der Waals surface area contributed by atoms with Gasteiger partial charge in [-0.15, -0.1) is 0 Å². The molecule has 20 heavy (non-hydrogen) atoms. The van der Waals surface area contributed by atoms with Crippen molar-refractivity contribution in [3.63, 3.8) is 0 Å². The molecule has 114 valence electrons. The molecule has 0 saturated heterocycles. The molecule has 0 unspecified atom stereocenters. The van der Waals surface area contributed by atoms with E-state index in [1.807, 2.05) is 18.2 Å². The first-order chi connectivity index (χ1) is 9.32. The summed E-state index contributed by atoms with van der Waals surface area (Å²) in [7, 11) is 0. The first kappa shape index (κ1) is 15.7. The lowest BCUT2D eigenvalue weighted by Gasteiger charge is -2.39. The molecule has 1 saturated carbocycles. The zero-order valence-corrected chi connectivity index (χ0v) is 12.9. The van der Waals surface area contributed by atoms with Crippen LogP contribution in [-0.2, 0) is 0 Å². The normalized spacial score (nSPS) is 22.6. The highest BCUT2D eigenvalue weighted by Gasteiger charge is 2.42. The Balaban J connectivity index is 2.31. The lowest BCUT2D eigenvalue weighted by molar-refractivity contribution is -0.0582. The summed E-state index contributed by atoms with van der Waals surface area (Å²) in [6.07, 6.45) is 1.27. The molecule has 0 spiro atoms. The number of nitrogens with zero attached hydrogens (tertiary/aromatic N) is 2. The lowest BCUT2D eigenvalue weighted by Crippen LogP contribution is -2.38. The summed E-state index contributed by atoms with van der Waals surface area (Å²) in [6, 6.07) is 0.319. The molecule has 0 aromatic carbocycles. The number of hydrogen-bond donors (Lipinski definition) is 0. The van der Waals surface area contributed by atoms with Gasteiger partial charge in [-0.1, -0.05) is 33.1 Å². The van der Waals surface area contributed by atoms with Crippen LogP contribution < -0.4 is 0 Å². The second-order valence-electron chi connectivity index (χ2n) is 5.80. The van der Waals surface area contributed by atoms with E-state index in [9.17, 15) is 13.2 Å². The number of alkyl halides is 3. The van der Waals surface area contributed by atoms with Crippen LogP contribution in [0.3, 0.4) is 0 Å². The molecule has 1 fully saturated rings. The lowest BCUT2D eigenvalue weighted by atomic mass is 9.93. The fraction of sp³-hybridized carbons (Fsp3) is 0.786. The highest BCUT2D eigenvalue weighted by Crippen LogP contribution is 2.41. The summed E-state index contributed by atoms with van der Waals surface area (Å²) in [5, 5.41) is 0. The number of halogens is 3. The van der Waals surface area contributed by atoms with Crippen molar-refractivity contribution in [1.82, 2.24) is 4.31 Å². The molecule has 1 heterocycles. The monoisotopic (exact) mass is 306 g/mol. The molecule has 6 heteroatoms. The molecular weight excluding hydrogens is 285 g/mol. The molecule has 2 rings (SSSR count). The van der Waals surface area contributed by atoms with Gasteiger partial charge in [0.1, 0.15) is 0 Å². The zero-order chi connectivity index (χ0) is 14.9. The fourth-order valence-electron chi connectivity index (χ4n) is 3.01. The molecular formula is C14H21F3N2S. The topological polar surface area (TPSA) is 15.6 Å². The average Bonchev–Trinajstić information content (AvgIpc) is 2.37. The van der Waals surface area contributed by atoms with Gasteiger partial charge in [-0.05, 0) is 25.7 Å². The van der Waals surface area contributed by atoms with E-state index in [2.05, 4.69) is 4.40 Å². The van der Waals surface area contributed by atoms with Gasteiger partial charge in [0.25, 0.3) is 0 Å². The van der Waals surface area contributed by atoms with Crippen molar-refractivity contribution in [2.75, 3.05) is 0 Å². The molecule has 0 bridgehead atoms. The summed E-state index contributed by atoms with van der Waals surface area (Å²) < 4.78 is 44.8. The van der Waals surface area contributed by atoms with Crippen LogP contribution >= 0.6 is 12.1 Å². The van der Waals surface area contributed by atoms with Crippen LogP contribution in [0.15, 0.2) is 15.7 Å². The van der Waals surface area contributed by atoms with Crippen LogP contribution in [0.5, 0.6) is 0 Å². The van der Waals surface area contributed by atoms with Crippen LogP contribution in [0.2, 0.25) is 0 Å². The van der Waals surface area contributed by atoms with Crippen molar-refractivity contribution in [2.24, 2.45) is 10.3 Å². The van der Waals surface area contributed by atoms with Gasteiger partial charge in [0.2, 0.25) is 0 Å². The quantitative estimate of drug-likeness (QED) is 0.657. The van der Waals surface area contributed by atoms with Crippen LogP contribution in [0.1, 0.15) is 52.9 Å². The predicted molar refractivity (Wildman–Crippen MR) is 77.3 cm³/mol. The van der Waals surface area contributed by atoms with E-state index in [4.69, 9.17) is 0 Å². The second kappa shape index (κ2) is 6.00. The molecule has 1 aliphatic heterocycles. The summed E-state index contributed by atoms with van der Waals surface area (Å²) in [6.45, 7) is 5.46. The van der Waals surface area contributed by atoms with E-state index >= 15 is 0 Å². The molecule has 2 nitrogen and oxygen atoms in total.